The van der Waals surface area contributed by atoms with Crippen LogP contribution in [0, 0.1) is 41.4 Å². The molecule has 0 radical (unpaired) electrons. The van der Waals surface area contributed by atoms with E-state index in [1.165, 1.54) is 19.4 Å². The molecule has 0 saturated carbocycles. The highest BCUT2D eigenvalue weighted by Gasteiger charge is 2.40. The second kappa shape index (κ2) is 65.9. The lowest BCUT2D eigenvalue weighted by atomic mass is 9.98. The van der Waals surface area contributed by atoms with E-state index >= 15 is 9.59 Å². The fraction of sp³-hybridized carbons (Fsp3) is 0.787. The lowest BCUT2D eigenvalue weighted by molar-refractivity contribution is -0.138. The number of aromatic amines is 1. The summed E-state index contributed by atoms with van der Waals surface area (Å²) in [5.41, 5.74) is 41.9. The third-order valence-electron chi connectivity index (χ3n) is 21.4. The van der Waals surface area contributed by atoms with Gasteiger partial charge in [-0.25, -0.2) is 4.98 Å². The van der Waals surface area contributed by atoms with Crippen LogP contribution in [0.25, 0.3) is 0 Å². The number of hydrogen-bond donors (Lipinski definition) is 24. The van der Waals surface area contributed by atoms with Gasteiger partial charge in [0.25, 0.3) is 0 Å². The molecule has 15 atom stereocenters. The topological polar surface area (TPSA) is 685 Å². The van der Waals surface area contributed by atoms with Gasteiger partial charge in [-0.05, 0) is 248 Å². The maximum absolute atomic E-state index is 15.1. The number of rotatable bonds is 71. The summed E-state index contributed by atoms with van der Waals surface area (Å²) in [6.07, 6.45) is 8.51. The molecule has 31 N–H and O–H groups in total. The Balaban J connectivity index is 3.85. The number of aromatic nitrogens is 2. The molecule has 0 aliphatic heterocycles. The summed E-state index contributed by atoms with van der Waals surface area (Å²) in [5.74, 6) is -13.8. The van der Waals surface area contributed by atoms with Crippen molar-refractivity contribution in [3.63, 3.8) is 0 Å². The van der Waals surface area contributed by atoms with Crippen molar-refractivity contribution in [2.45, 2.75) is 361 Å². The van der Waals surface area contributed by atoms with Crippen molar-refractivity contribution >= 4 is 94.6 Å². The third kappa shape index (κ3) is 50.2. The summed E-state index contributed by atoms with van der Waals surface area (Å²) >= 11 is 0. The van der Waals surface area contributed by atoms with Crippen LogP contribution in [0.2, 0.25) is 0 Å². The Morgan fingerprint density at radius 1 is 0.277 bits per heavy atom. The van der Waals surface area contributed by atoms with Gasteiger partial charge in [0.15, 0.2) is 0 Å². The number of carboxylic acids is 1. The highest BCUT2D eigenvalue weighted by Crippen LogP contribution is 2.19. The molecule has 0 bridgehead atoms. The number of imidazole rings is 1. The maximum atomic E-state index is 15.1. The smallest absolute Gasteiger partial charge is 0.322 e. The molecule has 0 aromatic carbocycles. The number of amides is 15. The van der Waals surface area contributed by atoms with Crippen molar-refractivity contribution in [1.82, 2.24) is 89.7 Å². The second-order valence-corrected chi connectivity index (χ2v) is 37.1. The van der Waals surface area contributed by atoms with Gasteiger partial charge in [0.05, 0.1) is 12.4 Å². The number of carbonyl (C=O) groups excluding carboxylic acids is 15. The number of carbonyl (C=O) groups is 16. The zero-order chi connectivity index (χ0) is 98.3. The van der Waals surface area contributed by atoms with Crippen molar-refractivity contribution in [3.8, 4) is 0 Å². The lowest BCUT2D eigenvalue weighted by Crippen LogP contribution is -2.61. The molecule has 1 aromatic rings. The molecule has 41 nitrogen and oxygen atoms in total. The van der Waals surface area contributed by atoms with Gasteiger partial charge in [-0.2, -0.15) is 0 Å². The van der Waals surface area contributed by atoms with Crippen LogP contribution in [0.3, 0.4) is 0 Å². The van der Waals surface area contributed by atoms with Crippen LogP contribution < -0.4 is 120 Å². The summed E-state index contributed by atoms with van der Waals surface area (Å²) in [7, 11) is 0. The minimum absolute atomic E-state index is 0.00340. The van der Waals surface area contributed by atoms with Gasteiger partial charge < -0.3 is 130 Å². The van der Waals surface area contributed by atoms with Gasteiger partial charge >= 0.3 is 5.97 Å². The SMILES string of the molecule is CC(C)C[C@H](NC(=O)[C@H](CCCCN)NC(=O)[C@H](CC(C)C)NC(=O)[C@H](CC(C)C)NC(=O)[C@H](CCCCN)NC(=O)[C@H](CCCCN)NC(=O)[C@H](Cc1cnc[nH]1)NC(=O)[C@H](CC(C)C)NC(=O)[C@H](CCCCN)NC(=O)[C@H](CC(C)C)NC(=O)[C@H](CC(C)C)NC(=O)[C@H](CCCCN)NC(=O)[C@H](CCCCN)NC(=O)[C@@H](N)CC(C)C)C(=O)N[C@@H](C)C(=O)NCC(=O)O. The quantitative estimate of drug-likeness (QED) is 0.0362. The molecule has 1 rings (SSSR count). The Bertz CT molecular complexity index is 3590. The summed E-state index contributed by atoms with van der Waals surface area (Å²) in [5, 5.41) is 50.2. The highest BCUT2D eigenvalue weighted by atomic mass is 16.4. The molecule has 41 heteroatoms. The van der Waals surface area contributed by atoms with Crippen molar-refractivity contribution in [1.29, 1.82) is 0 Å². The molecular weight excluding hydrogens is 1680 g/mol. The van der Waals surface area contributed by atoms with Crippen molar-refractivity contribution in [3.05, 3.63) is 18.2 Å². The van der Waals surface area contributed by atoms with Gasteiger partial charge in [0, 0.05) is 18.3 Å². The Morgan fingerprint density at radius 2 is 0.477 bits per heavy atom. The second-order valence-electron chi connectivity index (χ2n) is 37.1. The average Bonchev–Trinajstić information content (AvgIpc) is 0.962. The molecule has 0 aliphatic carbocycles. The predicted molar refractivity (Wildman–Crippen MR) is 497 cm³/mol. The monoisotopic (exact) mass is 1840 g/mol. The Kier molecular flexibility index (Phi) is 60.1. The van der Waals surface area contributed by atoms with E-state index in [-0.39, 0.29) is 157 Å². The van der Waals surface area contributed by atoms with E-state index in [0.29, 0.717) is 95.8 Å². The molecule has 0 aliphatic rings. The van der Waals surface area contributed by atoms with Crippen LogP contribution in [0.1, 0.15) is 270 Å². The summed E-state index contributed by atoms with van der Waals surface area (Å²) in [6.45, 7) is 27.8. The number of nitrogens with one attached hydrogen (secondary N) is 16. The van der Waals surface area contributed by atoms with E-state index in [4.69, 9.17) is 45.2 Å². The number of nitrogens with two attached hydrogens (primary N) is 7. The first-order valence-electron chi connectivity index (χ1n) is 47.0. The Morgan fingerprint density at radius 3 is 0.685 bits per heavy atom. The first kappa shape index (κ1) is 118. The van der Waals surface area contributed by atoms with Crippen LogP contribution in [-0.2, 0) is 83.1 Å². The number of hydrogen-bond acceptors (Lipinski definition) is 24. The average molecular weight is 1840 g/mol. The van der Waals surface area contributed by atoms with E-state index in [9.17, 15) is 67.1 Å². The molecule has 1 aromatic heterocycles. The van der Waals surface area contributed by atoms with Gasteiger partial charge in [-0.15, -0.1) is 0 Å². The number of aliphatic carboxylic acids is 1. The highest BCUT2D eigenvalue weighted by molar-refractivity contribution is 6.01. The Labute approximate surface area is 769 Å². The minimum atomic E-state index is -1.48. The number of H-pyrrole nitrogens is 1. The van der Waals surface area contributed by atoms with Gasteiger partial charge in [-0.1, -0.05) is 96.9 Å². The van der Waals surface area contributed by atoms with Gasteiger partial charge in [0.2, 0.25) is 88.6 Å². The van der Waals surface area contributed by atoms with Gasteiger partial charge in [0.1, 0.15) is 91.1 Å². The first-order valence-corrected chi connectivity index (χ1v) is 47.0. The van der Waals surface area contributed by atoms with E-state index < -0.39 is 192 Å². The molecule has 0 fully saturated rings. The van der Waals surface area contributed by atoms with Crippen LogP contribution in [0.15, 0.2) is 12.5 Å². The minimum Gasteiger partial charge on any atom is -0.480 e. The van der Waals surface area contributed by atoms with Crippen LogP contribution in [0.5, 0.6) is 0 Å². The molecule has 1 heterocycles. The van der Waals surface area contributed by atoms with E-state index in [1.807, 2.05) is 55.4 Å². The van der Waals surface area contributed by atoms with E-state index in [0.717, 1.165) is 0 Å². The maximum Gasteiger partial charge on any atom is 0.322 e. The number of carboxylic acid groups (broad SMARTS) is 1. The molecule has 0 spiro atoms. The third-order valence-corrected chi connectivity index (χ3v) is 21.4. The molecule has 130 heavy (non-hydrogen) atoms. The fourth-order valence-electron chi connectivity index (χ4n) is 14.5. The largest absolute Gasteiger partial charge is 0.480 e. The van der Waals surface area contributed by atoms with Crippen molar-refractivity contribution in [2.24, 2.45) is 81.6 Å². The number of unbranched alkanes of at least 4 members (excludes halogenated alkanes) is 6. The number of nitrogens with zero attached hydrogens (tertiary/aromatic N) is 1. The Hall–Kier alpha value is -9.55. The molecule has 0 saturated heterocycles. The predicted octanol–water partition coefficient (Wildman–Crippen LogP) is -0.616. The summed E-state index contributed by atoms with van der Waals surface area (Å²) in [4.78, 5) is 235. The summed E-state index contributed by atoms with van der Waals surface area (Å²) < 4.78 is 0. The molecule has 15 amide bonds. The summed E-state index contributed by atoms with van der Waals surface area (Å²) in [6, 6.07) is -18.9. The molecule has 0 unspecified atom stereocenters. The van der Waals surface area contributed by atoms with Crippen molar-refractivity contribution in [2.75, 3.05) is 45.8 Å². The molecule has 744 valence electrons. The molecular formula is C89H166N24O17. The van der Waals surface area contributed by atoms with Crippen molar-refractivity contribution < 1.29 is 81.8 Å². The van der Waals surface area contributed by atoms with E-state index in [1.54, 1.807) is 41.5 Å². The van der Waals surface area contributed by atoms with Crippen LogP contribution in [-0.4, -0.2) is 246 Å². The standard InChI is InChI=1S/C89H166N24O17/c1-51(2)40-60(96)76(117)101-61(28-16-22-34-90)77(118)102-63(30-18-24-36-92)79(120)108-70(44-55(9)10)86(127)112-69(43-54(7)8)85(126)105-66(33-21-27-39-95)82(123)110-72(46-57(13)14)88(129)113-73(47-59-48-97-50-99-59)89(130)106-62(29-17-23-35-91)78(119)103-64(31-19-25-37-93)80(121)109-71(45-56(11)12)87(128)111-68(42-53(5)6)84(125)104-65(32-20-26-38-94)81(122)107-67(41-52(3)4)83(124)100-58(15)75(116)98-49-74(114)115/h48,50-58,60-73H,16-47,49,90-96H2,1-15H3,(H,97,99)(H,98,116)(H,100,124)(H,101,117)(H,102,118)(H,103,119)(H,104,125)(H,105,126)(H,106,130)(H,107,122)(H,108,120)(H,109,121)(H,110,123)(H,111,128)(H,112,127)(H,113,129)(H,114,115)/t58-,60-,61-,62-,63-,64-,65-,66-,67-,68-,69-,70-,71-,72-,73-/m0/s1. The van der Waals surface area contributed by atoms with Gasteiger partial charge in [-0.3, -0.25) is 76.7 Å². The zero-order valence-corrected chi connectivity index (χ0v) is 80.2. The van der Waals surface area contributed by atoms with E-state index in [2.05, 4.69) is 89.7 Å². The first-order chi connectivity index (χ1) is 61.3. The lowest BCUT2D eigenvalue weighted by Gasteiger charge is -2.30. The van der Waals surface area contributed by atoms with Crippen LogP contribution >= 0.6 is 0 Å². The zero-order valence-electron chi connectivity index (χ0n) is 80.2. The normalized spacial score (nSPS) is 15.0. The van der Waals surface area contributed by atoms with Crippen LogP contribution in [0.4, 0.5) is 0 Å². The fourth-order valence-corrected chi connectivity index (χ4v) is 14.5.